The van der Waals surface area contributed by atoms with Gasteiger partial charge in [0.2, 0.25) is 29.5 Å². The van der Waals surface area contributed by atoms with Crippen LogP contribution < -0.4 is 30.7 Å². The van der Waals surface area contributed by atoms with Crippen LogP contribution in [-0.2, 0) is 38.3 Å². The maximum absolute atomic E-state index is 13.7. The van der Waals surface area contributed by atoms with Crippen LogP contribution in [0.2, 0.25) is 5.02 Å². The molecule has 2 unspecified atom stereocenters. The predicted octanol–water partition coefficient (Wildman–Crippen LogP) is 12.9. The second kappa shape index (κ2) is 36.4. The first-order chi connectivity index (χ1) is 58.8. The summed E-state index contributed by atoms with van der Waals surface area (Å²) in [5.41, 5.74) is 9.18. The average molecular weight is 1710 g/mol. The smallest absolute Gasteiger partial charge is 0.308 e. The molecule has 0 spiro atoms. The number of unbranched alkanes of at least 4 members (excludes halogenated alkanes) is 8. The van der Waals surface area contributed by atoms with Gasteiger partial charge in [-0.15, -0.1) is 43.1 Å². The van der Waals surface area contributed by atoms with Gasteiger partial charge in [-0.25, -0.2) is 0 Å². The first kappa shape index (κ1) is 84.4. The van der Waals surface area contributed by atoms with Crippen molar-refractivity contribution in [2.45, 2.75) is 175 Å². The molecular formula is C90H89ClN14O15S2. The largest absolute Gasteiger partial charge is 0.494 e. The third kappa shape index (κ3) is 17.3. The topological polar surface area (TPSA) is 373 Å². The number of rotatable bonds is 29. The average Bonchev–Trinajstić information content (AvgIpc) is 0.982. The molecule has 2 saturated heterocycles. The Balaban J connectivity index is 0.000000190. The van der Waals surface area contributed by atoms with Crippen molar-refractivity contribution in [1.29, 1.82) is 0 Å². The number of halogens is 1. The van der Waals surface area contributed by atoms with E-state index in [0.29, 0.717) is 111 Å². The predicted molar refractivity (Wildman–Crippen MR) is 456 cm³/mol. The number of hydrogen-bond acceptors (Lipinski definition) is 23. The summed E-state index contributed by atoms with van der Waals surface area (Å²) >= 11 is 9.24. The van der Waals surface area contributed by atoms with E-state index in [4.69, 9.17) is 35.8 Å². The number of ketones is 1. The Morgan fingerprint density at radius 1 is 0.525 bits per heavy atom. The van der Waals surface area contributed by atoms with Crippen molar-refractivity contribution in [2.24, 2.45) is 9.98 Å². The van der Waals surface area contributed by atoms with Crippen LogP contribution in [0.3, 0.4) is 0 Å². The molecule has 10 heterocycles. The number of fused-ring (bicyclic) bond motifs is 6. The number of hydrogen-bond donors (Lipinski definition) is 4. The first-order valence-electron chi connectivity index (χ1n) is 40.9. The molecule has 4 atom stereocenters. The maximum atomic E-state index is 13.7. The molecule has 29 nitrogen and oxygen atoms in total. The molecule has 0 radical (unpaired) electrons. The minimum atomic E-state index is -1.09. The second-order valence-corrected chi connectivity index (χ2v) is 33.8. The van der Waals surface area contributed by atoms with Crippen molar-refractivity contribution in [2.75, 3.05) is 33.4 Å². The van der Waals surface area contributed by atoms with E-state index in [0.717, 1.165) is 111 Å². The lowest BCUT2D eigenvalue weighted by Gasteiger charge is -2.34. The number of benzene rings is 6. The van der Waals surface area contributed by atoms with Gasteiger partial charge >= 0.3 is 5.97 Å². The Morgan fingerprint density at radius 2 is 1.01 bits per heavy atom. The molecule has 0 bridgehead atoms. The van der Waals surface area contributed by atoms with Crippen molar-refractivity contribution < 1.29 is 71.7 Å². The third-order valence-corrected chi connectivity index (χ3v) is 25.5. The van der Waals surface area contributed by atoms with Gasteiger partial charge in [0.15, 0.2) is 17.4 Å². The number of imide groups is 4. The minimum Gasteiger partial charge on any atom is -0.494 e. The first-order valence-corrected chi connectivity index (χ1v) is 42.9. The van der Waals surface area contributed by atoms with Gasteiger partial charge in [-0.1, -0.05) is 110 Å². The van der Waals surface area contributed by atoms with Crippen molar-refractivity contribution >= 4 is 138 Å². The Morgan fingerprint density at radius 3 is 1.56 bits per heavy atom. The summed E-state index contributed by atoms with van der Waals surface area (Å²) in [6.07, 6.45) is 9.27. The van der Waals surface area contributed by atoms with Crippen LogP contribution in [0.15, 0.2) is 119 Å². The number of aromatic nitrogens is 6. The minimum absolute atomic E-state index is 0.0240. The number of aliphatic imine (C=N–C) groups is 2. The fourth-order valence-electron chi connectivity index (χ4n) is 16.4. The SMILES string of the molecule is COC(=O)C[C@@H]1N=C(c2ccc(Cl)cc2)c2c(sc(C(=O)NCCCCCOc3cc4c5c(cccc5c3)C(=O)N(C3CCC(=O)NC3=O)C4=O)c2C)-n2c(C)nnc21.Cc1ccc(C2=N[C@@H](CC(=O)NCCCCCCCCCC(=O)COc3cc4c5c(cccc5c3)C(=O)N(C3CCC(=O)NC3=O)C4=O)c3nnc(C)n3-c3sc(C)c(C)c32)cc1. The number of ether oxygens (including phenoxy) is 3. The van der Waals surface area contributed by atoms with Gasteiger partial charge in [0.25, 0.3) is 29.5 Å². The Bertz CT molecular complexity index is 6020. The van der Waals surface area contributed by atoms with Crippen molar-refractivity contribution in [1.82, 2.24) is 60.6 Å². The molecule has 4 aromatic heterocycles. The fraction of sp³-hybridized carbons (Fsp3) is 0.356. The number of aryl methyl sites for hydroxylation is 4. The van der Waals surface area contributed by atoms with E-state index in [2.05, 4.69) is 91.3 Å². The zero-order valence-corrected chi connectivity index (χ0v) is 70.7. The summed E-state index contributed by atoms with van der Waals surface area (Å²) in [5, 5.41) is 32.8. The normalized spacial score (nSPS) is 17.1. The van der Waals surface area contributed by atoms with Crippen LogP contribution in [-0.4, -0.2) is 167 Å². The highest BCUT2D eigenvalue weighted by Gasteiger charge is 2.46. The molecule has 6 aromatic carbocycles. The number of nitrogens with zero attached hydrogens (tertiary/aromatic N) is 10. The highest BCUT2D eigenvalue weighted by Crippen LogP contribution is 2.44. The molecule has 10 aromatic rings. The fourth-order valence-corrected chi connectivity index (χ4v) is 19.0. The number of methoxy groups -OCH3 is 1. The van der Waals surface area contributed by atoms with E-state index < -0.39 is 77.4 Å². The molecule has 0 saturated carbocycles. The number of esters is 1. The van der Waals surface area contributed by atoms with Gasteiger partial charge in [-0.2, -0.15) is 0 Å². The van der Waals surface area contributed by atoms with Crippen LogP contribution in [0.25, 0.3) is 31.5 Å². The number of piperidine rings is 2. The molecule has 0 aliphatic carbocycles. The van der Waals surface area contributed by atoms with Crippen LogP contribution >= 0.6 is 34.3 Å². The van der Waals surface area contributed by atoms with Crippen LogP contribution in [0, 0.1) is 41.5 Å². The van der Waals surface area contributed by atoms with Crippen LogP contribution in [0.1, 0.15) is 239 Å². The summed E-state index contributed by atoms with van der Waals surface area (Å²) in [5.74, 6) is -2.19. The lowest BCUT2D eigenvalue weighted by atomic mass is 9.91. The standard InChI is InChI=1S/C48H51N7O7S.C42H38ClN7O8S/c1-27-16-18-31(19-17-27)43-41-28(2)29(3)63-48(41)54-30(4)52-53-44(54)37(50-43)25-40(58)49-22-11-9-7-5-6-8-10-14-33(56)26-62-34-23-32-13-12-15-35-42(32)36(24-34)47(61)55(46(35)60)38-20-21-39(57)51-45(38)59;1-21-33-35(23-10-12-25(43)13-11-23)45-29(20-32(52)57-3)37-48-47-22(2)49(37)42(33)59-36(21)39(54)44-16-5-4-6-17-58-26-18-24-8-7-9-27-34(24)28(19-26)41(56)50(40(27)55)30-14-15-31(51)46-38(30)53/h12-13,15-19,23-24,37-38H,5-11,14,20-22,25-26H2,1-4H3,(H,49,58)(H,51,57,59);7-13,18-19,29-30H,4-6,14-17,20H2,1-3H3,(H,44,54)(H,46,51,53)/t37-,38?;29-,30?/m00/s1. The zero-order chi connectivity index (χ0) is 85.9. The molecule has 16 rings (SSSR count). The van der Waals surface area contributed by atoms with Crippen molar-refractivity contribution in [3.8, 4) is 21.5 Å². The number of Topliss-reactive ketones (excluding diaryl/α,β-unsaturated/α-hetero) is 1. The highest BCUT2D eigenvalue weighted by molar-refractivity contribution is 7.17. The molecule has 122 heavy (non-hydrogen) atoms. The summed E-state index contributed by atoms with van der Waals surface area (Å²) in [4.78, 5) is 169. The highest BCUT2D eigenvalue weighted by atomic mass is 35.5. The van der Waals surface area contributed by atoms with E-state index in [-0.39, 0.29) is 79.4 Å². The Hall–Kier alpha value is -12.6. The number of nitrogens with one attached hydrogen (secondary N) is 4. The monoisotopic (exact) mass is 1700 g/mol. The Kier molecular flexibility index (Phi) is 25.2. The molecule has 10 amide bonds. The lowest BCUT2D eigenvalue weighted by molar-refractivity contribution is -0.141. The van der Waals surface area contributed by atoms with Crippen molar-refractivity contribution in [3.05, 3.63) is 208 Å². The van der Waals surface area contributed by atoms with E-state index >= 15 is 0 Å². The van der Waals surface area contributed by atoms with Crippen LogP contribution in [0.5, 0.6) is 11.5 Å². The molecule has 32 heteroatoms. The van der Waals surface area contributed by atoms with Gasteiger partial charge in [-0.05, 0) is 157 Å². The number of carbonyl (C=O) groups excluding carboxylic acids is 12. The second-order valence-electron chi connectivity index (χ2n) is 31.1. The van der Waals surface area contributed by atoms with Gasteiger partial charge < -0.3 is 24.8 Å². The van der Waals surface area contributed by atoms with Crippen LogP contribution in [0.4, 0.5) is 0 Å². The molecule has 628 valence electrons. The number of amides is 10. The zero-order valence-electron chi connectivity index (χ0n) is 68.3. The van der Waals surface area contributed by atoms with Crippen molar-refractivity contribution in [3.63, 3.8) is 0 Å². The van der Waals surface area contributed by atoms with Gasteiger partial charge in [0.05, 0.1) is 54.0 Å². The summed E-state index contributed by atoms with van der Waals surface area (Å²) in [6, 6.07) is 29.0. The summed E-state index contributed by atoms with van der Waals surface area (Å²) in [6.45, 7) is 13.1. The van der Waals surface area contributed by atoms with Gasteiger partial charge in [0, 0.05) is 86.4 Å². The van der Waals surface area contributed by atoms with E-state index in [9.17, 15) is 57.5 Å². The molecule has 4 N–H and O–H groups in total. The van der Waals surface area contributed by atoms with Gasteiger partial charge in [-0.3, -0.25) is 97.1 Å². The van der Waals surface area contributed by atoms with E-state index in [1.165, 1.54) is 40.5 Å². The number of carbonyl (C=O) groups is 12. The Labute approximate surface area is 714 Å². The molecular weight excluding hydrogens is 1620 g/mol. The molecule has 2 fully saturated rings. The van der Waals surface area contributed by atoms with E-state index in [1.54, 1.807) is 78.1 Å². The summed E-state index contributed by atoms with van der Waals surface area (Å²) < 4.78 is 20.8. The lowest BCUT2D eigenvalue weighted by Crippen LogP contribution is -2.57. The quantitative estimate of drug-likeness (QED) is 0.0192. The number of thiophene rings is 2. The maximum Gasteiger partial charge on any atom is 0.308 e. The molecule has 6 aliphatic rings. The molecule has 6 aliphatic heterocycles. The third-order valence-electron chi connectivity index (χ3n) is 22.8. The van der Waals surface area contributed by atoms with E-state index in [1.807, 2.05) is 37.5 Å². The van der Waals surface area contributed by atoms with Gasteiger partial charge in [0.1, 0.15) is 63.9 Å². The summed E-state index contributed by atoms with van der Waals surface area (Å²) in [7, 11) is 1.33.